The number of ether oxygens (including phenoxy) is 1. The molecule has 1 amide bonds. The second kappa shape index (κ2) is 6.26. The van der Waals surface area contributed by atoms with E-state index in [9.17, 15) is 9.59 Å². The van der Waals surface area contributed by atoms with Gasteiger partial charge in [-0.2, -0.15) is 0 Å². The summed E-state index contributed by atoms with van der Waals surface area (Å²) in [6, 6.07) is 12.3. The van der Waals surface area contributed by atoms with Crippen molar-refractivity contribution >= 4 is 44.2 Å². The number of anilines is 1. The number of rotatable bonds is 4. The van der Waals surface area contributed by atoms with Gasteiger partial charge in [-0.05, 0) is 42.5 Å². The van der Waals surface area contributed by atoms with Crippen LogP contribution >= 0.6 is 15.9 Å². The van der Waals surface area contributed by atoms with Crippen molar-refractivity contribution in [3.63, 3.8) is 0 Å². The number of fused-ring (bicyclic) bond motifs is 1. The number of halogens is 1. The Morgan fingerprint density at radius 3 is 2.57 bits per heavy atom. The minimum absolute atomic E-state index is 0.340. The summed E-state index contributed by atoms with van der Waals surface area (Å²) in [5.74, 6) is -0.600. The lowest BCUT2D eigenvalue weighted by atomic mass is 10.1. The van der Waals surface area contributed by atoms with Gasteiger partial charge in [-0.25, -0.2) is 0 Å². The smallest absolute Gasteiger partial charge is 0.296 e. The van der Waals surface area contributed by atoms with Gasteiger partial charge in [-0.3, -0.25) is 9.59 Å². The SMILES string of the molecule is COc1ccc(NC(=O)C(=O)c2c[nH]c3ccc(Br)cc23)cc1. The predicted octanol–water partition coefficient (Wildman–Crippen LogP) is 3.76. The van der Waals surface area contributed by atoms with E-state index in [-0.39, 0.29) is 0 Å². The van der Waals surface area contributed by atoms with E-state index in [1.807, 2.05) is 12.1 Å². The summed E-state index contributed by atoms with van der Waals surface area (Å²) in [6.45, 7) is 0. The van der Waals surface area contributed by atoms with Crippen molar-refractivity contribution in [1.82, 2.24) is 4.98 Å². The highest BCUT2D eigenvalue weighted by Crippen LogP contribution is 2.23. The van der Waals surface area contributed by atoms with Crippen molar-refractivity contribution in [1.29, 1.82) is 0 Å². The molecule has 6 heteroatoms. The van der Waals surface area contributed by atoms with E-state index in [4.69, 9.17) is 4.74 Å². The molecule has 0 atom stereocenters. The third kappa shape index (κ3) is 3.12. The minimum atomic E-state index is -0.684. The largest absolute Gasteiger partial charge is 0.497 e. The first kappa shape index (κ1) is 15.3. The fraction of sp³-hybridized carbons (Fsp3) is 0.0588. The molecule has 2 aromatic carbocycles. The van der Waals surface area contributed by atoms with Gasteiger partial charge in [0.25, 0.3) is 11.7 Å². The molecule has 2 N–H and O–H groups in total. The van der Waals surface area contributed by atoms with Crippen LogP contribution in [0.15, 0.2) is 53.1 Å². The fourth-order valence-corrected chi connectivity index (χ4v) is 2.63. The van der Waals surface area contributed by atoms with E-state index in [0.29, 0.717) is 22.4 Å². The van der Waals surface area contributed by atoms with Gasteiger partial charge in [0.1, 0.15) is 5.75 Å². The van der Waals surface area contributed by atoms with Crippen molar-refractivity contribution in [3.8, 4) is 5.75 Å². The highest BCUT2D eigenvalue weighted by Gasteiger charge is 2.20. The van der Waals surface area contributed by atoms with Crippen LogP contribution in [0.5, 0.6) is 5.75 Å². The molecule has 0 aliphatic heterocycles. The van der Waals surface area contributed by atoms with Crippen LogP contribution in [0.4, 0.5) is 5.69 Å². The number of Topliss-reactive ketones (excluding diaryl/α,β-unsaturated/α-hetero) is 1. The third-order valence-corrected chi connectivity index (χ3v) is 3.94. The topological polar surface area (TPSA) is 71.2 Å². The average molecular weight is 373 g/mol. The lowest BCUT2D eigenvalue weighted by Gasteiger charge is -2.05. The average Bonchev–Trinajstić information content (AvgIpc) is 2.97. The van der Waals surface area contributed by atoms with E-state index in [0.717, 1.165) is 9.99 Å². The zero-order chi connectivity index (χ0) is 16.4. The molecule has 1 aromatic heterocycles. The second-order valence-electron chi connectivity index (χ2n) is 4.90. The molecule has 0 aliphatic carbocycles. The summed E-state index contributed by atoms with van der Waals surface area (Å²) >= 11 is 3.37. The third-order valence-electron chi connectivity index (χ3n) is 3.44. The maximum absolute atomic E-state index is 12.4. The second-order valence-corrected chi connectivity index (χ2v) is 5.82. The quantitative estimate of drug-likeness (QED) is 0.540. The molecule has 0 saturated carbocycles. The number of aromatic nitrogens is 1. The summed E-state index contributed by atoms with van der Waals surface area (Å²) in [5, 5.41) is 3.29. The van der Waals surface area contributed by atoms with E-state index in [2.05, 4.69) is 26.2 Å². The van der Waals surface area contributed by atoms with Crippen molar-refractivity contribution in [3.05, 3.63) is 58.7 Å². The Morgan fingerprint density at radius 2 is 1.87 bits per heavy atom. The standard InChI is InChI=1S/C17H13BrN2O3/c1-23-12-5-3-11(4-6-12)20-17(22)16(21)14-9-19-15-7-2-10(18)8-13(14)15/h2-9,19H,1H3,(H,20,22). The van der Waals surface area contributed by atoms with Crippen LogP contribution in [0.25, 0.3) is 10.9 Å². The number of ketones is 1. The van der Waals surface area contributed by atoms with Crippen LogP contribution < -0.4 is 10.1 Å². The summed E-state index contributed by atoms with van der Waals surface area (Å²) in [4.78, 5) is 27.6. The zero-order valence-electron chi connectivity index (χ0n) is 12.2. The molecule has 3 rings (SSSR count). The van der Waals surface area contributed by atoms with Crippen LogP contribution in [0.1, 0.15) is 10.4 Å². The molecule has 0 unspecified atom stereocenters. The summed E-state index contributed by atoms with van der Waals surface area (Å²) in [7, 11) is 1.56. The van der Waals surface area contributed by atoms with Crippen LogP contribution in [0.3, 0.4) is 0 Å². The fourth-order valence-electron chi connectivity index (χ4n) is 2.27. The molecule has 0 spiro atoms. The molecule has 3 aromatic rings. The van der Waals surface area contributed by atoms with Gasteiger partial charge < -0.3 is 15.0 Å². The normalized spacial score (nSPS) is 10.5. The Labute approximate surface area is 140 Å². The summed E-state index contributed by atoms with van der Waals surface area (Å²) in [6.07, 6.45) is 1.55. The lowest BCUT2D eigenvalue weighted by Crippen LogP contribution is -2.22. The van der Waals surface area contributed by atoms with Gasteiger partial charge in [0.2, 0.25) is 0 Å². The Morgan fingerprint density at radius 1 is 1.13 bits per heavy atom. The molecule has 0 aliphatic rings. The van der Waals surface area contributed by atoms with Crippen molar-refractivity contribution in [2.75, 3.05) is 12.4 Å². The number of benzene rings is 2. The highest BCUT2D eigenvalue weighted by molar-refractivity contribution is 9.10. The van der Waals surface area contributed by atoms with Gasteiger partial charge in [0.05, 0.1) is 12.7 Å². The van der Waals surface area contributed by atoms with Crippen molar-refractivity contribution in [2.24, 2.45) is 0 Å². The first-order valence-corrected chi connectivity index (χ1v) is 7.64. The van der Waals surface area contributed by atoms with Gasteiger partial charge in [-0.1, -0.05) is 15.9 Å². The number of carbonyl (C=O) groups excluding carboxylic acids is 2. The Balaban J connectivity index is 1.83. The lowest BCUT2D eigenvalue weighted by molar-refractivity contribution is -0.112. The molecule has 23 heavy (non-hydrogen) atoms. The van der Waals surface area contributed by atoms with E-state index in [1.54, 1.807) is 43.6 Å². The number of carbonyl (C=O) groups is 2. The number of hydrogen-bond donors (Lipinski definition) is 2. The van der Waals surface area contributed by atoms with Crippen LogP contribution in [-0.4, -0.2) is 23.8 Å². The summed E-state index contributed by atoms with van der Waals surface area (Å²) < 4.78 is 5.89. The van der Waals surface area contributed by atoms with E-state index < -0.39 is 11.7 Å². The molecule has 0 bridgehead atoms. The zero-order valence-corrected chi connectivity index (χ0v) is 13.8. The molecule has 0 fully saturated rings. The molecule has 5 nitrogen and oxygen atoms in total. The first-order chi connectivity index (χ1) is 11.1. The number of hydrogen-bond acceptors (Lipinski definition) is 3. The van der Waals surface area contributed by atoms with E-state index in [1.165, 1.54) is 0 Å². The Bertz CT molecular complexity index is 884. The number of H-pyrrole nitrogens is 1. The predicted molar refractivity (Wildman–Crippen MR) is 92.0 cm³/mol. The Hall–Kier alpha value is -2.60. The van der Waals surface area contributed by atoms with Gasteiger partial charge >= 0.3 is 0 Å². The first-order valence-electron chi connectivity index (χ1n) is 6.85. The number of nitrogens with one attached hydrogen (secondary N) is 2. The van der Waals surface area contributed by atoms with Gasteiger partial charge in [-0.15, -0.1) is 0 Å². The molecule has 1 heterocycles. The van der Waals surface area contributed by atoms with Gasteiger partial charge in [0, 0.05) is 27.3 Å². The number of aromatic amines is 1. The van der Waals surface area contributed by atoms with Crippen LogP contribution in [-0.2, 0) is 4.79 Å². The summed E-state index contributed by atoms with van der Waals surface area (Å²) in [5.41, 5.74) is 1.67. The van der Waals surface area contributed by atoms with Crippen molar-refractivity contribution in [2.45, 2.75) is 0 Å². The van der Waals surface area contributed by atoms with Crippen LogP contribution in [0, 0.1) is 0 Å². The minimum Gasteiger partial charge on any atom is -0.497 e. The van der Waals surface area contributed by atoms with Gasteiger partial charge in [0.15, 0.2) is 0 Å². The number of amides is 1. The van der Waals surface area contributed by atoms with Crippen molar-refractivity contribution < 1.29 is 14.3 Å². The molecule has 116 valence electrons. The molecule has 0 radical (unpaired) electrons. The molecular formula is C17H13BrN2O3. The Kier molecular flexibility index (Phi) is 4.16. The molecular weight excluding hydrogens is 360 g/mol. The van der Waals surface area contributed by atoms with Crippen LogP contribution in [0.2, 0.25) is 0 Å². The highest BCUT2D eigenvalue weighted by atomic mass is 79.9. The maximum Gasteiger partial charge on any atom is 0.296 e. The monoisotopic (exact) mass is 372 g/mol. The maximum atomic E-state index is 12.4. The number of methoxy groups -OCH3 is 1. The van der Waals surface area contributed by atoms with E-state index >= 15 is 0 Å². The molecule has 0 saturated heterocycles.